The number of piperazine rings is 1. The van der Waals surface area contributed by atoms with Gasteiger partial charge in [0.15, 0.2) is 15.7 Å². The molecular weight excluding hydrogens is 1030 g/mol. The predicted molar refractivity (Wildman–Crippen MR) is 288 cm³/mol. The number of aryl methyl sites for hydroxylation is 1. The zero-order chi connectivity index (χ0) is 54.8. The molecule has 7 heterocycles. The lowest BCUT2D eigenvalue weighted by molar-refractivity contribution is -0.137. The second kappa shape index (κ2) is 22.6. The number of nitrogens with two attached hydrogens (primary N) is 1. The van der Waals surface area contributed by atoms with Crippen molar-refractivity contribution in [3.8, 4) is 5.75 Å². The molecular formula is C53H63FN14O7S2. The smallest absolute Gasteiger partial charge is 0.264 e. The molecule has 3 amide bonds. The van der Waals surface area contributed by atoms with Crippen molar-refractivity contribution >= 4 is 73.2 Å². The fourth-order valence-electron chi connectivity index (χ4n) is 9.88. The summed E-state index contributed by atoms with van der Waals surface area (Å²) in [6.07, 6.45) is 8.42. The van der Waals surface area contributed by atoms with Gasteiger partial charge in [0.05, 0.1) is 33.5 Å². The van der Waals surface area contributed by atoms with Crippen LogP contribution in [0.15, 0.2) is 77.2 Å². The summed E-state index contributed by atoms with van der Waals surface area (Å²) in [6.45, 7) is 13.3. The Hall–Kier alpha value is -7.44. The van der Waals surface area contributed by atoms with E-state index in [9.17, 15) is 32.0 Å². The van der Waals surface area contributed by atoms with Gasteiger partial charge in [-0.1, -0.05) is 0 Å². The maximum Gasteiger partial charge on any atom is 0.264 e. The molecule has 3 aliphatic rings. The normalized spacial score (nSPS) is 17.4. The van der Waals surface area contributed by atoms with Crippen molar-refractivity contribution in [1.82, 2.24) is 55.1 Å². The van der Waals surface area contributed by atoms with Crippen molar-refractivity contribution in [3.63, 3.8) is 0 Å². The van der Waals surface area contributed by atoms with Gasteiger partial charge in [-0.25, -0.2) is 37.7 Å². The third-order valence-electron chi connectivity index (χ3n) is 14.7. The van der Waals surface area contributed by atoms with E-state index in [4.69, 9.17) is 10.5 Å². The maximum atomic E-state index is 14.6. The minimum Gasteiger partial charge on any atom is -0.491 e. The van der Waals surface area contributed by atoms with Crippen LogP contribution in [-0.2, 0) is 19.4 Å². The van der Waals surface area contributed by atoms with E-state index in [-0.39, 0.29) is 58.2 Å². The summed E-state index contributed by atoms with van der Waals surface area (Å²) in [5.74, 6) is -1.15. The first-order valence-electron chi connectivity index (χ1n) is 25.6. The Kier molecular flexibility index (Phi) is 16.0. The number of fused-ring (bicyclic) bond motifs is 1. The van der Waals surface area contributed by atoms with Gasteiger partial charge >= 0.3 is 0 Å². The Morgan fingerprint density at radius 1 is 0.935 bits per heavy atom. The molecule has 0 radical (unpaired) electrons. The van der Waals surface area contributed by atoms with E-state index in [1.807, 2.05) is 18.7 Å². The number of nitrogens with one attached hydrogen (secondary N) is 3. The summed E-state index contributed by atoms with van der Waals surface area (Å²) in [5, 5.41) is 16.1. The summed E-state index contributed by atoms with van der Waals surface area (Å²) in [5.41, 5.74) is 9.02. The average Bonchev–Trinajstić information content (AvgIpc) is 4.21. The van der Waals surface area contributed by atoms with Crippen molar-refractivity contribution in [3.05, 3.63) is 111 Å². The van der Waals surface area contributed by atoms with Crippen molar-refractivity contribution in [2.24, 2.45) is 17.6 Å². The number of aromatic nitrogens is 7. The molecule has 21 nitrogen and oxygen atoms in total. The quantitative estimate of drug-likeness (QED) is 0.0646. The number of piperidine rings is 1. The summed E-state index contributed by atoms with van der Waals surface area (Å²) >= 11 is 1.29. The van der Waals surface area contributed by atoms with Crippen LogP contribution in [0.3, 0.4) is 0 Å². The van der Waals surface area contributed by atoms with Gasteiger partial charge in [-0.15, -0.1) is 11.3 Å². The number of carbonyl (C=O) groups excluding carboxylic acids is 4. The number of H-pyrrole nitrogens is 1. The van der Waals surface area contributed by atoms with Crippen LogP contribution < -0.4 is 26.0 Å². The number of sulfone groups is 1. The van der Waals surface area contributed by atoms with Gasteiger partial charge < -0.3 is 35.8 Å². The fraction of sp³-hybridized carbons (Fsp3) is 0.434. The molecule has 2 aromatic carbocycles. The zero-order valence-corrected chi connectivity index (χ0v) is 45.5. The van der Waals surface area contributed by atoms with Gasteiger partial charge in [0.1, 0.15) is 45.9 Å². The molecule has 3 fully saturated rings. The Morgan fingerprint density at radius 2 is 1.65 bits per heavy atom. The summed E-state index contributed by atoms with van der Waals surface area (Å²) in [4.78, 5) is 84.6. The number of ketones is 1. The van der Waals surface area contributed by atoms with E-state index in [1.54, 1.807) is 73.6 Å². The number of likely N-dealkylation sites (N-methyl/N-ethyl adjacent to an activating group) is 1. The van der Waals surface area contributed by atoms with Gasteiger partial charge in [-0.05, 0) is 103 Å². The number of primary amides is 1. The van der Waals surface area contributed by atoms with E-state index in [1.165, 1.54) is 41.9 Å². The van der Waals surface area contributed by atoms with Crippen LogP contribution in [0.1, 0.15) is 95.2 Å². The molecule has 5 N–H and O–H groups in total. The third kappa shape index (κ3) is 11.6. The number of hydrogen-bond acceptors (Lipinski definition) is 18. The first-order chi connectivity index (χ1) is 36.8. The Bertz CT molecular complexity index is 3310. The molecule has 0 spiro atoms. The SMILES string of the molecule is CNC(=C[C@@H](C(=O)N1CCC[C@H]1c1nc(C(=O)c2ccc(F)cc2)cs1)C1CCN(C(=O)c2cnc(N3CCN(CCOc4cc5ncnc(Nc6n[nH]c(C)c6C)c5cc4S(=O)(=O)C(C)(C)C)CC3)nc2)CC1)C(N)=O. The number of nitrogens with zero attached hydrogens (tertiary/aromatic N) is 10. The second-order valence-corrected chi connectivity index (χ2v) is 24.1. The highest BCUT2D eigenvalue weighted by atomic mass is 32.2. The van der Waals surface area contributed by atoms with Gasteiger partial charge in [-0.2, -0.15) is 5.10 Å². The van der Waals surface area contributed by atoms with Crippen LogP contribution in [0.2, 0.25) is 0 Å². The number of benzene rings is 2. The number of carbonyl (C=O) groups is 4. The average molecular weight is 1090 g/mol. The van der Waals surface area contributed by atoms with Crippen molar-refractivity contribution < 1.29 is 36.7 Å². The van der Waals surface area contributed by atoms with E-state index < -0.39 is 32.2 Å². The number of hydrogen-bond donors (Lipinski definition) is 4. The number of anilines is 3. The molecule has 2 atom stereocenters. The number of likely N-dealkylation sites (tertiary alicyclic amines) is 2. The lowest BCUT2D eigenvalue weighted by atomic mass is 9.82. The van der Waals surface area contributed by atoms with E-state index >= 15 is 0 Å². The molecule has 24 heteroatoms. The molecule has 0 bridgehead atoms. The van der Waals surface area contributed by atoms with Crippen molar-refractivity contribution in [1.29, 1.82) is 0 Å². The molecule has 3 aliphatic heterocycles. The van der Waals surface area contributed by atoms with Crippen LogP contribution in [0.25, 0.3) is 10.9 Å². The Balaban J connectivity index is 0.793. The lowest BCUT2D eigenvalue weighted by Gasteiger charge is -2.37. The van der Waals surface area contributed by atoms with Gasteiger partial charge in [0.25, 0.3) is 11.8 Å². The molecule has 9 rings (SSSR count). The fourth-order valence-corrected chi connectivity index (χ4v) is 12.1. The number of amides is 3. The van der Waals surface area contributed by atoms with Crippen molar-refractivity contribution in [2.75, 3.05) is 76.2 Å². The molecule has 0 unspecified atom stereocenters. The van der Waals surface area contributed by atoms with Crippen LogP contribution >= 0.6 is 11.3 Å². The largest absolute Gasteiger partial charge is 0.491 e. The standard InChI is InChI=1S/C53H63FN14O7S2/c1-31-32(2)63-64-47(31)62-48-38-25-44(77(73,74)53(3,4)5)43(26-39(38)59-30-60-48)75-23-22-65-18-20-67(21-19-65)52-57-27-35(28-58-52)50(71)66-16-13-33(14-17-66)37(24-40(56-6)46(55)70)51(72)68-15-7-8-42(68)49-61-41(29-76-49)45(69)34-9-11-36(54)12-10-34/h9-12,24-30,33,37,42,56H,7-8,13-23H2,1-6H3,(H2,55,70)(H2,59,60,62,63,64)/t37-,42+/m1/s1. The number of thiazole rings is 1. The number of rotatable bonds is 17. The minimum atomic E-state index is -3.87. The van der Waals surface area contributed by atoms with E-state index in [0.717, 1.165) is 17.7 Å². The van der Waals surface area contributed by atoms with E-state index in [2.05, 4.69) is 50.7 Å². The highest BCUT2D eigenvalue weighted by Gasteiger charge is 2.40. The Morgan fingerprint density at radius 3 is 2.30 bits per heavy atom. The summed E-state index contributed by atoms with van der Waals surface area (Å²) < 4.78 is 46.7. The van der Waals surface area contributed by atoms with Crippen LogP contribution in [0.5, 0.6) is 5.75 Å². The summed E-state index contributed by atoms with van der Waals surface area (Å²) in [6, 6.07) is 8.13. The molecule has 3 saturated heterocycles. The number of halogens is 1. The molecule has 406 valence electrons. The van der Waals surface area contributed by atoms with E-state index in [0.29, 0.717) is 116 Å². The highest BCUT2D eigenvalue weighted by Crippen LogP contribution is 2.40. The summed E-state index contributed by atoms with van der Waals surface area (Å²) in [7, 11) is -2.29. The first kappa shape index (κ1) is 54.4. The minimum absolute atomic E-state index is 0.0506. The zero-order valence-electron chi connectivity index (χ0n) is 43.9. The van der Waals surface area contributed by atoms with Crippen LogP contribution in [0.4, 0.5) is 22.0 Å². The van der Waals surface area contributed by atoms with Crippen molar-refractivity contribution in [2.45, 2.75) is 76.0 Å². The lowest BCUT2D eigenvalue weighted by Crippen LogP contribution is -2.48. The van der Waals surface area contributed by atoms with Gasteiger partial charge in [0, 0.05) is 105 Å². The van der Waals surface area contributed by atoms with Crippen LogP contribution in [0, 0.1) is 31.5 Å². The highest BCUT2D eigenvalue weighted by molar-refractivity contribution is 7.92. The topological polar surface area (TPSA) is 268 Å². The molecule has 0 saturated carbocycles. The molecule has 0 aliphatic carbocycles. The van der Waals surface area contributed by atoms with Gasteiger partial charge in [-0.3, -0.25) is 29.2 Å². The van der Waals surface area contributed by atoms with Crippen LogP contribution in [-0.4, -0.2) is 152 Å². The first-order valence-corrected chi connectivity index (χ1v) is 28.0. The predicted octanol–water partition coefficient (Wildman–Crippen LogP) is 5.52. The van der Waals surface area contributed by atoms with Gasteiger partial charge in [0.2, 0.25) is 17.6 Å². The monoisotopic (exact) mass is 1090 g/mol. The Labute approximate surface area is 449 Å². The maximum absolute atomic E-state index is 14.6. The number of aromatic amines is 1. The number of ether oxygens (including phenoxy) is 1. The molecule has 6 aromatic rings. The second-order valence-electron chi connectivity index (χ2n) is 20.5. The third-order valence-corrected chi connectivity index (χ3v) is 18.1. The molecule has 77 heavy (non-hydrogen) atoms. The molecule has 4 aromatic heterocycles.